The van der Waals surface area contributed by atoms with Crippen LogP contribution in [-0.2, 0) is 15.0 Å². The molecule has 2 aromatic carbocycles. The van der Waals surface area contributed by atoms with Crippen LogP contribution < -0.4 is 10.2 Å². The number of hydrogen-bond donors (Lipinski definition) is 1. The van der Waals surface area contributed by atoms with Crippen molar-refractivity contribution in [2.45, 2.75) is 45.6 Å². The maximum Gasteiger partial charge on any atom is 0.227 e. The van der Waals surface area contributed by atoms with Gasteiger partial charge in [0.2, 0.25) is 11.8 Å². The van der Waals surface area contributed by atoms with Crippen LogP contribution in [0.1, 0.15) is 51.3 Å². The highest BCUT2D eigenvalue weighted by atomic mass is 16.2. The number of nitrogens with one attached hydrogen (secondary N) is 1. The molecule has 2 amide bonds. The number of para-hydroxylation sites is 1. The first-order valence-electron chi connectivity index (χ1n) is 9.52. The SMILES string of the molecule is CC(NC(=O)C1CC(=O)N(c2ccccc2C(C)(C)C)C1)c1ccccc1. The third-order valence-corrected chi connectivity index (χ3v) is 5.16. The van der Waals surface area contributed by atoms with Crippen LogP contribution in [0, 0.1) is 5.92 Å². The number of carbonyl (C=O) groups is 2. The van der Waals surface area contributed by atoms with E-state index in [1.165, 1.54) is 0 Å². The monoisotopic (exact) mass is 364 g/mol. The summed E-state index contributed by atoms with van der Waals surface area (Å²) in [4.78, 5) is 27.2. The number of anilines is 1. The Morgan fingerprint density at radius 3 is 2.37 bits per heavy atom. The third kappa shape index (κ3) is 4.21. The molecule has 1 aliphatic rings. The molecular formula is C23H28N2O2. The van der Waals surface area contributed by atoms with E-state index >= 15 is 0 Å². The van der Waals surface area contributed by atoms with E-state index in [-0.39, 0.29) is 35.6 Å². The fraction of sp³-hybridized carbons (Fsp3) is 0.391. The number of carbonyl (C=O) groups excluding carboxylic acids is 2. The van der Waals surface area contributed by atoms with Crippen molar-refractivity contribution >= 4 is 17.5 Å². The molecule has 0 radical (unpaired) electrons. The molecule has 2 aromatic rings. The summed E-state index contributed by atoms with van der Waals surface area (Å²) in [5.74, 6) is -0.369. The number of nitrogens with zero attached hydrogens (tertiary/aromatic N) is 1. The lowest BCUT2D eigenvalue weighted by Gasteiger charge is -2.27. The van der Waals surface area contributed by atoms with Crippen LogP contribution in [0.3, 0.4) is 0 Å². The summed E-state index contributed by atoms with van der Waals surface area (Å²) in [7, 11) is 0. The average molecular weight is 364 g/mol. The van der Waals surface area contributed by atoms with Gasteiger partial charge in [-0.05, 0) is 29.5 Å². The second kappa shape index (κ2) is 7.55. The molecule has 4 nitrogen and oxygen atoms in total. The Balaban J connectivity index is 1.74. The summed E-state index contributed by atoms with van der Waals surface area (Å²) in [6.45, 7) is 8.81. The van der Waals surface area contributed by atoms with E-state index in [9.17, 15) is 9.59 Å². The highest BCUT2D eigenvalue weighted by Crippen LogP contribution is 2.35. The van der Waals surface area contributed by atoms with Crippen LogP contribution in [0.25, 0.3) is 0 Å². The van der Waals surface area contributed by atoms with E-state index in [1.807, 2.05) is 55.5 Å². The highest BCUT2D eigenvalue weighted by molar-refractivity contribution is 6.01. The Morgan fingerprint density at radius 1 is 1.07 bits per heavy atom. The summed E-state index contributed by atoms with van der Waals surface area (Å²) in [5, 5.41) is 3.06. The zero-order valence-electron chi connectivity index (χ0n) is 16.5. The number of rotatable bonds is 4. The van der Waals surface area contributed by atoms with Gasteiger partial charge in [-0.25, -0.2) is 0 Å². The van der Waals surface area contributed by atoms with Gasteiger partial charge in [-0.15, -0.1) is 0 Å². The number of amides is 2. The molecule has 142 valence electrons. The van der Waals surface area contributed by atoms with Gasteiger partial charge in [0.15, 0.2) is 0 Å². The lowest BCUT2D eigenvalue weighted by molar-refractivity contribution is -0.126. The van der Waals surface area contributed by atoms with Crippen LogP contribution in [-0.4, -0.2) is 18.4 Å². The molecule has 0 aromatic heterocycles. The van der Waals surface area contributed by atoms with Gasteiger partial charge in [-0.1, -0.05) is 69.3 Å². The van der Waals surface area contributed by atoms with E-state index < -0.39 is 0 Å². The molecule has 3 rings (SSSR count). The van der Waals surface area contributed by atoms with Gasteiger partial charge in [-0.2, -0.15) is 0 Å². The average Bonchev–Trinajstić information content (AvgIpc) is 3.03. The molecule has 1 N–H and O–H groups in total. The number of benzene rings is 2. The first-order chi connectivity index (χ1) is 12.8. The van der Waals surface area contributed by atoms with E-state index in [1.54, 1.807) is 4.90 Å². The first-order valence-corrected chi connectivity index (χ1v) is 9.52. The Hall–Kier alpha value is -2.62. The second-order valence-electron chi connectivity index (χ2n) is 8.31. The molecule has 0 bridgehead atoms. The quantitative estimate of drug-likeness (QED) is 0.883. The van der Waals surface area contributed by atoms with Crippen LogP contribution in [0.5, 0.6) is 0 Å². The molecule has 1 aliphatic heterocycles. The summed E-state index contributed by atoms with van der Waals surface area (Å²) in [5.41, 5.74) is 3.03. The van der Waals surface area contributed by atoms with Crippen molar-refractivity contribution in [2.24, 2.45) is 5.92 Å². The third-order valence-electron chi connectivity index (χ3n) is 5.16. The highest BCUT2D eigenvalue weighted by Gasteiger charge is 2.37. The van der Waals surface area contributed by atoms with Crippen molar-refractivity contribution in [3.8, 4) is 0 Å². The Labute approximate surface area is 161 Å². The molecular weight excluding hydrogens is 336 g/mol. The molecule has 0 saturated carbocycles. The molecule has 2 unspecified atom stereocenters. The van der Waals surface area contributed by atoms with Gasteiger partial charge in [0.05, 0.1) is 12.0 Å². The summed E-state index contributed by atoms with van der Waals surface area (Å²) in [6.07, 6.45) is 0.256. The number of hydrogen-bond acceptors (Lipinski definition) is 2. The molecule has 0 spiro atoms. The van der Waals surface area contributed by atoms with E-state index in [2.05, 4.69) is 32.2 Å². The van der Waals surface area contributed by atoms with Crippen molar-refractivity contribution in [1.82, 2.24) is 5.32 Å². The second-order valence-corrected chi connectivity index (χ2v) is 8.31. The zero-order valence-corrected chi connectivity index (χ0v) is 16.5. The van der Waals surface area contributed by atoms with E-state index in [0.29, 0.717) is 6.54 Å². The Morgan fingerprint density at radius 2 is 1.70 bits per heavy atom. The van der Waals surface area contributed by atoms with Crippen molar-refractivity contribution in [3.63, 3.8) is 0 Å². The van der Waals surface area contributed by atoms with Crippen molar-refractivity contribution in [1.29, 1.82) is 0 Å². The molecule has 1 saturated heterocycles. The normalized spacial score (nSPS) is 18.4. The molecule has 4 heteroatoms. The van der Waals surface area contributed by atoms with Crippen LogP contribution >= 0.6 is 0 Å². The van der Waals surface area contributed by atoms with Crippen LogP contribution in [0.15, 0.2) is 54.6 Å². The maximum atomic E-state index is 12.7. The van der Waals surface area contributed by atoms with Crippen molar-refractivity contribution in [3.05, 3.63) is 65.7 Å². The maximum absolute atomic E-state index is 12.7. The van der Waals surface area contributed by atoms with Crippen LogP contribution in [0.4, 0.5) is 5.69 Å². The summed E-state index contributed by atoms with van der Waals surface area (Å²) >= 11 is 0. The predicted molar refractivity (Wildman–Crippen MR) is 109 cm³/mol. The van der Waals surface area contributed by atoms with Crippen molar-refractivity contribution in [2.75, 3.05) is 11.4 Å². The predicted octanol–water partition coefficient (Wildman–Crippen LogP) is 4.21. The van der Waals surface area contributed by atoms with Gasteiger partial charge >= 0.3 is 0 Å². The van der Waals surface area contributed by atoms with Gasteiger partial charge < -0.3 is 10.2 Å². The Bertz CT molecular complexity index is 824. The van der Waals surface area contributed by atoms with Gasteiger partial charge in [0.1, 0.15) is 0 Å². The smallest absolute Gasteiger partial charge is 0.227 e. The van der Waals surface area contributed by atoms with Crippen LogP contribution in [0.2, 0.25) is 0 Å². The van der Waals surface area contributed by atoms with Gasteiger partial charge in [0, 0.05) is 18.7 Å². The molecule has 2 atom stereocenters. The largest absolute Gasteiger partial charge is 0.349 e. The lowest BCUT2D eigenvalue weighted by atomic mass is 9.85. The van der Waals surface area contributed by atoms with Gasteiger partial charge in [-0.3, -0.25) is 9.59 Å². The lowest BCUT2D eigenvalue weighted by Crippen LogP contribution is -2.35. The zero-order chi connectivity index (χ0) is 19.6. The minimum Gasteiger partial charge on any atom is -0.349 e. The van der Waals surface area contributed by atoms with E-state index in [4.69, 9.17) is 0 Å². The molecule has 27 heavy (non-hydrogen) atoms. The Kier molecular flexibility index (Phi) is 5.36. The fourth-order valence-electron chi connectivity index (χ4n) is 3.62. The summed E-state index contributed by atoms with van der Waals surface area (Å²) < 4.78 is 0. The first kappa shape index (κ1) is 19.2. The summed E-state index contributed by atoms with van der Waals surface area (Å²) in [6, 6.07) is 17.8. The molecule has 1 fully saturated rings. The fourth-order valence-corrected chi connectivity index (χ4v) is 3.62. The van der Waals surface area contributed by atoms with Gasteiger partial charge in [0.25, 0.3) is 0 Å². The minimum atomic E-state index is -0.323. The van der Waals surface area contributed by atoms with E-state index in [0.717, 1.165) is 16.8 Å². The topological polar surface area (TPSA) is 49.4 Å². The van der Waals surface area contributed by atoms with Crippen molar-refractivity contribution < 1.29 is 9.59 Å². The molecule has 1 heterocycles. The minimum absolute atomic E-state index is 0.0132. The molecule has 0 aliphatic carbocycles. The standard InChI is InChI=1S/C23H28N2O2/c1-16(17-10-6-5-7-11-17)24-22(27)18-14-21(26)25(15-18)20-13-9-8-12-19(20)23(2,3)4/h5-13,16,18H,14-15H2,1-4H3,(H,24,27).